The molecule has 1 aromatic carbocycles. The third-order valence-electron chi connectivity index (χ3n) is 2.81. The van der Waals surface area contributed by atoms with Gasteiger partial charge in [-0.15, -0.1) is 0 Å². The van der Waals surface area contributed by atoms with E-state index in [2.05, 4.69) is 13.8 Å². The van der Waals surface area contributed by atoms with Crippen molar-refractivity contribution in [2.24, 2.45) is 5.92 Å². The molecule has 0 bridgehead atoms. The lowest BCUT2D eigenvalue weighted by molar-refractivity contribution is 0.0707. The summed E-state index contributed by atoms with van der Waals surface area (Å²) >= 11 is 0. The molecule has 0 amide bonds. The van der Waals surface area contributed by atoms with Gasteiger partial charge in [0, 0.05) is 6.61 Å². The Bertz CT molecular complexity index is 396. The van der Waals surface area contributed by atoms with Crippen LogP contribution < -0.4 is 4.74 Å². The van der Waals surface area contributed by atoms with E-state index in [4.69, 9.17) is 9.47 Å². The van der Waals surface area contributed by atoms with Gasteiger partial charge < -0.3 is 9.47 Å². The topological polar surface area (TPSA) is 18.5 Å². The van der Waals surface area contributed by atoms with Gasteiger partial charge in [-0.2, -0.15) is 0 Å². The maximum Gasteiger partial charge on any atom is 0.165 e. The van der Waals surface area contributed by atoms with Gasteiger partial charge in [-0.25, -0.2) is 4.39 Å². The standard InChI is InChI=1S/C10H13FO.C7H14O.CH4/c1-7(2)12-10-5-4-8(3)6-9(10)11;1-6(2)8-5-7-3-4-7;/h4-7H,1-3H3;6-7H,3-5H2,1-2H3;1H4. The fourth-order valence-electron chi connectivity index (χ4n) is 1.57. The third kappa shape index (κ3) is 9.46. The fraction of sp³-hybridized carbons (Fsp3) is 0.667. The molecule has 0 unspecified atom stereocenters. The molecule has 0 saturated heterocycles. The van der Waals surface area contributed by atoms with Gasteiger partial charge in [0.1, 0.15) is 0 Å². The fourth-order valence-corrected chi connectivity index (χ4v) is 1.57. The van der Waals surface area contributed by atoms with E-state index < -0.39 is 0 Å². The molecule has 1 aromatic rings. The summed E-state index contributed by atoms with van der Waals surface area (Å²) in [5, 5.41) is 0. The number of halogens is 1. The van der Waals surface area contributed by atoms with E-state index in [0.29, 0.717) is 11.9 Å². The molecule has 0 heterocycles. The minimum Gasteiger partial charge on any atom is -0.488 e. The van der Waals surface area contributed by atoms with Gasteiger partial charge in [0.2, 0.25) is 0 Å². The van der Waals surface area contributed by atoms with Gasteiger partial charge in [-0.3, -0.25) is 0 Å². The van der Waals surface area contributed by atoms with Crippen LogP contribution in [-0.2, 0) is 4.74 Å². The van der Waals surface area contributed by atoms with Crippen LogP contribution >= 0.6 is 0 Å². The van der Waals surface area contributed by atoms with Crippen molar-refractivity contribution in [2.75, 3.05) is 6.61 Å². The van der Waals surface area contributed by atoms with Crippen LogP contribution in [0.15, 0.2) is 18.2 Å². The minimum atomic E-state index is -0.288. The maximum atomic E-state index is 13.1. The van der Waals surface area contributed by atoms with Crippen LogP contribution in [0.5, 0.6) is 5.75 Å². The highest BCUT2D eigenvalue weighted by atomic mass is 19.1. The van der Waals surface area contributed by atoms with Gasteiger partial charge in [0.25, 0.3) is 0 Å². The minimum absolute atomic E-state index is 0. The van der Waals surface area contributed by atoms with E-state index in [0.717, 1.165) is 18.1 Å². The van der Waals surface area contributed by atoms with Crippen molar-refractivity contribution < 1.29 is 13.9 Å². The highest BCUT2D eigenvalue weighted by Gasteiger charge is 2.21. The second-order valence-electron chi connectivity index (χ2n) is 5.93. The normalized spacial score (nSPS) is 13.5. The Kier molecular flexibility index (Phi) is 9.27. The van der Waals surface area contributed by atoms with Crippen molar-refractivity contribution >= 4 is 0 Å². The molecule has 122 valence electrons. The number of aryl methyl sites for hydroxylation is 1. The summed E-state index contributed by atoms with van der Waals surface area (Å²) in [7, 11) is 0. The van der Waals surface area contributed by atoms with Crippen LogP contribution in [0.4, 0.5) is 4.39 Å². The summed E-state index contributed by atoms with van der Waals surface area (Å²) in [5.74, 6) is 0.955. The smallest absolute Gasteiger partial charge is 0.165 e. The molecule has 1 saturated carbocycles. The summed E-state index contributed by atoms with van der Waals surface area (Å²) in [6.45, 7) is 10.8. The van der Waals surface area contributed by atoms with Crippen LogP contribution in [0.2, 0.25) is 0 Å². The molecular weight excluding hydrogens is 267 g/mol. The number of benzene rings is 1. The lowest BCUT2D eigenvalue weighted by atomic mass is 10.2. The molecule has 1 fully saturated rings. The van der Waals surface area contributed by atoms with E-state index in [-0.39, 0.29) is 19.3 Å². The molecular formula is C18H31FO2. The molecule has 0 aliphatic heterocycles. The molecule has 2 rings (SSSR count). The monoisotopic (exact) mass is 298 g/mol. The zero-order valence-electron chi connectivity index (χ0n) is 13.3. The zero-order valence-corrected chi connectivity index (χ0v) is 13.3. The lowest BCUT2D eigenvalue weighted by Crippen LogP contribution is -2.06. The third-order valence-corrected chi connectivity index (χ3v) is 2.81. The Morgan fingerprint density at radius 1 is 1.14 bits per heavy atom. The lowest BCUT2D eigenvalue weighted by Gasteiger charge is -2.10. The first-order chi connectivity index (χ1) is 9.38. The largest absolute Gasteiger partial charge is 0.488 e. The van der Waals surface area contributed by atoms with Crippen molar-refractivity contribution in [3.8, 4) is 5.75 Å². The maximum absolute atomic E-state index is 13.1. The highest BCUT2D eigenvalue weighted by molar-refractivity contribution is 5.28. The molecule has 1 aliphatic carbocycles. The number of hydrogen-bond acceptors (Lipinski definition) is 2. The first kappa shape index (κ1) is 19.9. The van der Waals surface area contributed by atoms with Crippen molar-refractivity contribution in [1.82, 2.24) is 0 Å². The Labute approximate surface area is 129 Å². The van der Waals surface area contributed by atoms with Crippen molar-refractivity contribution in [1.29, 1.82) is 0 Å². The molecule has 1 aliphatic rings. The Morgan fingerprint density at radius 2 is 1.76 bits per heavy atom. The molecule has 0 N–H and O–H groups in total. The molecule has 0 spiro atoms. The van der Waals surface area contributed by atoms with E-state index in [9.17, 15) is 4.39 Å². The first-order valence-corrected chi connectivity index (χ1v) is 7.43. The predicted octanol–water partition coefficient (Wildman–Crippen LogP) is 5.38. The predicted molar refractivity (Wildman–Crippen MR) is 87.4 cm³/mol. The molecule has 21 heavy (non-hydrogen) atoms. The quantitative estimate of drug-likeness (QED) is 0.726. The molecule has 2 nitrogen and oxygen atoms in total. The number of ether oxygens (including phenoxy) is 2. The molecule has 0 atom stereocenters. The van der Waals surface area contributed by atoms with Gasteiger partial charge in [0.15, 0.2) is 11.6 Å². The van der Waals surface area contributed by atoms with E-state index in [1.807, 2.05) is 26.8 Å². The Balaban J connectivity index is 0.000000390. The van der Waals surface area contributed by atoms with Crippen LogP contribution in [0.1, 0.15) is 53.5 Å². The Morgan fingerprint density at radius 3 is 2.19 bits per heavy atom. The summed E-state index contributed by atoms with van der Waals surface area (Å²) < 4.78 is 23.7. The van der Waals surface area contributed by atoms with Crippen molar-refractivity contribution in [3.05, 3.63) is 29.6 Å². The van der Waals surface area contributed by atoms with Crippen LogP contribution in [-0.4, -0.2) is 18.8 Å². The average Bonchev–Trinajstić information content (AvgIpc) is 3.14. The zero-order chi connectivity index (χ0) is 15.1. The molecule has 3 heteroatoms. The van der Waals surface area contributed by atoms with Gasteiger partial charge >= 0.3 is 0 Å². The van der Waals surface area contributed by atoms with E-state index in [1.165, 1.54) is 18.9 Å². The van der Waals surface area contributed by atoms with Crippen LogP contribution in [0.3, 0.4) is 0 Å². The summed E-state index contributed by atoms with van der Waals surface area (Å²) in [6, 6.07) is 4.96. The van der Waals surface area contributed by atoms with Crippen molar-refractivity contribution in [3.63, 3.8) is 0 Å². The van der Waals surface area contributed by atoms with Crippen LogP contribution in [0.25, 0.3) is 0 Å². The van der Waals surface area contributed by atoms with E-state index >= 15 is 0 Å². The number of hydrogen-bond donors (Lipinski definition) is 0. The van der Waals surface area contributed by atoms with Crippen LogP contribution in [0, 0.1) is 18.7 Å². The second-order valence-corrected chi connectivity index (χ2v) is 5.93. The SMILES string of the molecule is C.CC(C)OCC1CC1.Cc1ccc(OC(C)C)c(F)c1. The summed E-state index contributed by atoms with van der Waals surface area (Å²) in [6.07, 6.45) is 3.23. The Hall–Kier alpha value is -1.09. The van der Waals surface area contributed by atoms with Gasteiger partial charge in [-0.1, -0.05) is 13.5 Å². The molecule has 0 aromatic heterocycles. The second kappa shape index (κ2) is 9.78. The average molecular weight is 298 g/mol. The first-order valence-electron chi connectivity index (χ1n) is 7.43. The van der Waals surface area contributed by atoms with Crippen molar-refractivity contribution in [2.45, 2.75) is 67.1 Å². The highest BCUT2D eigenvalue weighted by Crippen LogP contribution is 2.29. The summed E-state index contributed by atoms with van der Waals surface area (Å²) in [4.78, 5) is 0. The molecule has 0 radical (unpaired) electrons. The van der Waals surface area contributed by atoms with Gasteiger partial charge in [0.05, 0.1) is 12.2 Å². The van der Waals surface area contributed by atoms with Gasteiger partial charge in [-0.05, 0) is 71.1 Å². The number of rotatable bonds is 5. The summed E-state index contributed by atoms with van der Waals surface area (Å²) in [5.41, 5.74) is 0.906. The van der Waals surface area contributed by atoms with E-state index in [1.54, 1.807) is 6.07 Å².